The van der Waals surface area contributed by atoms with Crippen LogP contribution in [0.1, 0.15) is 55.5 Å². The molecule has 0 spiro atoms. The molecule has 0 bridgehead atoms. The van der Waals surface area contributed by atoms with Gasteiger partial charge in [0.1, 0.15) is 12.4 Å². The molecule has 44 heavy (non-hydrogen) atoms. The fourth-order valence-corrected chi connectivity index (χ4v) is 5.74. The minimum atomic E-state index is -1.21. The van der Waals surface area contributed by atoms with Crippen molar-refractivity contribution in [2.24, 2.45) is 0 Å². The van der Waals surface area contributed by atoms with Gasteiger partial charge in [0.25, 0.3) is 0 Å². The van der Waals surface area contributed by atoms with Gasteiger partial charge in [-0.05, 0) is 77.6 Å². The first kappa shape index (κ1) is 32.6. The molecule has 0 fully saturated rings. The summed E-state index contributed by atoms with van der Waals surface area (Å²) in [7, 11) is -1.21. The zero-order valence-electron chi connectivity index (χ0n) is 25.4. The highest BCUT2D eigenvalue weighted by Gasteiger charge is 2.10. The number of imidazole rings is 1. The third kappa shape index (κ3) is 9.60. The van der Waals surface area contributed by atoms with Crippen molar-refractivity contribution < 1.29 is 18.5 Å². The number of benzene rings is 3. The number of hydrogen-bond donors (Lipinski definition) is 0. The van der Waals surface area contributed by atoms with Gasteiger partial charge in [-0.2, -0.15) is 5.26 Å². The summed E-state index contributed by atoms with van der Waals surface area (Å²) in [5.74, 6) is 1.08. The second-order valence-electron chi connectivity index (χ2n) is 10.4. The molecule has 0 N–H and O–H groups in total. The molecule has 1 heterocycles. The van der Waals surface area contributed by atoms with Crippen molar-refractivity contribution in [3.8, 4) is 22.9 Å². The van der Waals surface area contributed by atoms with Crippen molar-refractivity contribution in [3.63, 3.8) is 0 Å². The normalized spacial score (nSPS) is 11.8. The molecule has 0 aliphatic carbocycles. The summed E-state index contributed by atoms with van der Waals surface area (Å²) in [6, 6.07) is 22.9. The van der Waals surface area contributed by atoms with Crippen LogP contribution in [-0.4, -0.2) is 39.4 Å². The Hall–Kier alpha value is -4.32. The molecule has 0 radical (unpaired) electrons. The van der Waals surface area contributed by atoms with E-state index in [-0.39, 0.29) is 12.2 Å². The molecule has 3 aromatic carbocycles. The molecule has 228 valence electrons. The fourth-order valence-electron chi connectivity index (χ4n) is 4.62. The number of unbranched alkanes of at least 4 members (excludes halogenated alkanes) is 1. The van der Waals surface area contributed by atoms with Gasteiger partial charge in [-0.3, -0.25) is 9.00 Å². The van der Waals surface area contributed by atoms with Gasteiger partial charge in [-0.1, -0.05) is 56.7 Å². The summed E-state index contributed by atoms with van der Waals surface area (Å²) < 4.78 is 26.2. The number of allylic oxidation sites excluding steroid dienone is 1. The van der Waals surface area contributed by atoms with Gasteiger partial charge in [0.2, 0.25) is 0 Å². The summed E-state index contributed by atoms with van der Waals surface area (Å²) in [6.45, 7) is 6.89. The van der Waals surface area contributed by atoms with Gasteiger partial charge in [-0.15, -0.1) is 0 Å². The van der Waals surface area contributed by atoms with Crippen LogP contribution in [0.15, 0.2) is 90.2 Å². The Labute approximate surface area is 262 Å². The van der Waals surface area contributed by atoms with E-state index in [1.54, 1.807) is 24.7 Å². The third-order valence-corrected chi connectivity index (χ3v) is 8.41. The first-order valence-electron chi connectivity index (χ1n) is 15.0. The monoisotopic (exact) mass is 609 g/mol. The third-order valence-electron chi connectivity index (χ3n) is 7.05. The maximum absolute atomic E-state index is 12.9. The summed E-state index contributed by atoms with van der Waals surface area (Å²) >= 11 is 0. The molecule has 0 aliphatic rings. The van der Waals surface area contributed by atoms with E-state index in [1.165, 1.54) is 6.08 Å². The van der Waals surface area contributed by atoms with E-state index in [0.29, 0.717) is 35.0 Å². The first-order valence-corrected chi connectivity index (χ1v) is 16.3. The van der Waals surface area contributed by atoms with Gasteiger partial charge >= 0.3 is 0 Å². The van der Waals surface area contributed by atoms with Crippen molar-refractivity contribution in [2.75, 3.05) is 19.8 Å². The molecule has 1 atom stereocenters. The molecule has 1 aromatic heterocycles. The lowest BCUT2D eigenvalue weighted by molar-refractivity contribution is -0.113. The SMILES string of the molecule is CCCCOCCOc1ccc(-c2ccc(C#N)c(/C=C/C(=O)Cc3ccc([S@](=O)Cc4cncn4CCC)cc3)c2)cc1. The van der Waals surface area contributed by atoms with Crippen molar-refractivity contribution in [3.05, 3.63) is 108 Å². The van der Waals surface area contributed by atoms with E-state index in [2.05, 4.69) is 24.9 Å². The summed E-state index contributed by atoms with van der Waals surface area (Å²) in [4.78, 5) is 17.7. The smallest absolute Gasteiger partial charge is 0.160 e. The Morgan fingerprint density at radius 2 is 1.75 bits per heavy atom. The maximum atomic E-state index is 12.9. The number of aryl methyl sites for hydroxylation is 1. The van der Waals surface area contributed by atoms with Crippen LogP contribution in [-0.2, 0) is 39.0 Å². The van der Waals surface area contributed by atoms with Crippen molar-refractivity contribution >= 4 is 22.7 Å². The van der Waals surface area contributed by atoms with Crippen LogP contribution < -0.4 is 4.74 Å². The number of ketones is 1. The molecule has 0 unspecified atom stereocenters. The largest absolute Gasteiger partial charge is 0.491 e. The molecule has 4 aromatic rings. The molecule has 0 saturated carbocycles. The molecular weight excluding hydrogens is 570 g/mol. The first-order chi connectivity index (χ1) is 21.5. The second kappa shape index (κ2) is 17.1. The lowest BCUT2D eigenvalue weighted by Gasteiger charge is -2.09. The number of carbonyl (C=O) groups is 1. The van der Waals surface area contributed by atoms with E-state index in [9.17, 15) is 14.3 Å². The van der Waals surface area contributed by atoms with E-state index in [0.717, 1.165) is 60.5 Å². The van der Waals surface area contributed by atoms with Crippen molar-refractivity contribution in [1.82, 2.24) is 9.55 Å². The predicted octanol–water partition coefficient (Wildman–Crippen LogP) is 7.16. The Balaban J connectivity index is 1.34. The minimum absolute atomic E-state index is 0.0863. The highest BCUT2D eigenvalue weighted by Crippen LogP contribution is 2.26. The molecule has 0 aliphatic heterocycles. The highest BCUT2D eigenvalue weighted by atomic mass is 32.2. The Bertz CT molecular complexity index is 1600. The van der Waals surface area contributed by atoms with E-state index in [4.69, 9.17) is 9.47 Å². The molecule has 4 rings (SSSR count). The zero-order valence-corrected chi connectivity index (χ0v) is 26.2. The number of nitriles is 1. The minimum Gasteiger partial charge on any atom is -0.491 e. The summed E-state index contributed by atoms with van der Waals surface area (Å²) in [6.07, 6.45) is 10.1. The van der Waals surface area contributed by atoms with Gasteiger partial charge in [0.05, 0.1) is 46.8 Å². The summed E-state index contributed by atoms with van der Waals surface area (Å²) in [5.41, 5.74) is 4.87. The Morgan fingerprint density at radius 3 is 2.48 bits per heavy atom. The van der Waals surface area contributed by atoms with Gasteiger partial charge in [0.15, 0.2) is 5.78 Å². The van der Waals surface area contributed by atoms with Crippen LogP contribution in [0.5, 0.6) is 5.75 Å². The number of aromatic nitrogens is 2. The molecule has 8 heteroatoms. The fraction of sp³-hybridized carbons (Fsp3) is 0.306. The van der Waals surface area contributed by atoms with E-state index >= 15 is 0 Å². The highest BCUT2D eigenvalue weighted by molar-refractivity contribution is 7.84. The molecule has 0 amide bonds. The number of carbonyl (C=O) groups excluding carboxylic acids is 1. The van der Waals surface area contributed by atoms with E-state index in [1.807, 2.05) is 65.2 Å². The van der Waals surface area contributed by atoms with Gasteiger partial charge < -0.3 is 14.0 Å². The Morgan fingerprint density at radius 1 is 0.977 bits per heavy atom. The molecule has 0 saturated heterocycles. The number of hydrogen-bond acceptors (Lipinski definition) is 6. The zero-order chi connectivity index (χ0) is 31.1. The van der Waals surface area contributed by atoms with Crippen LogP contribution in [0.4, 0.5) is 0 Å². The van der Waals surface area contributed by atoms with E-state index < -0.39 is 10.8 Å². The van der Waals surface area contributed by atoms with Crippen LogP contribution in [0.25, 0.3) is 17.2 Å². The van der Waals surface area contributed by atoms with Crippen LogP contribution in [0.2, 0.25) is 0 Å². The quantitative estimate of drug-likeness (QED) is 0.0931. The predicted molar refractivity (Wildman–Crippen MR) is 175 cm³/mol. The van der Waals surface area contributed by atoms with Crippen LogP contribution in [0, 0.1) is 11.3 Å². The lowest BCUT2D eigenvalue weighted by Crippen LogP contribution is -2.07. The van der Waals surface area contributed by atoms with Gasteiger partial charge in [0, 0.05) is 30.7 Å². The summed E-state index contributed by atoms with van der Waals surface area (Å²) in [5, 5.41) is 9.64. The van der Waals surface area contributed by atoms with Gasteiger partial charge in [-0.25, -0.2) is 4.98 Å². The number of ether oxygens (including phenoxy) is 2. The average Bonchev–Trinajstić information content (AvgIpc) is 3.48. The standard InChI is InChI=1S/C36H39N3O4S/c1-3-5-19-42-20-21-43-35-14-11-29(12-15-35)30-8-9-32(24-37)31(23-30)10-13-34(40)22-28-6-16-36(17-7-28)44(41)26-33-25-38-27-39(33)18-4-2/h6-17,23,25,27H,3-5,18-22,26H2,1-2H3/b13-10+/t44-/m1/s1. The number of nitrogens with zero attached hydrogens (tertiary/aromatic N) is 3. The van der Waals surface area contributed by atoms with Crippen LogP contribution >= 0.6 is 0 Å². The second-order valence-corrected chi connectivity index (χ2v) is 11.9. The Kier molecular flexibility index (Phi) is 12.7. The molecule has 7 nitrogen and oxygen atoms in total. The van der Waals surface area contributed by atoms with Crippen LogP contribution in [0.3, 0.4) is 0 Å². The lowest BCUT2D eigenvalue weighted by atomic mass is 9.98. The topological polar surface area (TPSA) is 94.2 Å². The average molecular weight is 610 g/mol. The molecular formula is C36H39N3O4S. The van der Waals surface area contributed by atoms with Crippen molar-refractivity contribution in [1.29, 1.82) is 5.26 Å². The number of rotatable bonds is 17. The maximum Gasteiger partial charge on any atom is 0.160 e. The van der Waals surface area contributed by atoms with Crippen molar-refractivity contribution in [2.45, 2.75) is 56.7 Å².